The van der Waals surface area contributed by atoms with E-state index in [1.54, 1.807) is 24.0 Å². The van der Waals surface area contributed by atoms with Crippen molar-refractivity contribution in [3.8, 4) is 11.1 Å². The van der Waals surface area contributed by atoms with E-state index in [1.807, 2.05) is 24.3 Å². The number of carboxylic acid groups (broad SMARTS) is 1. The fourth-order valence-corrected chi connectivity index (χ4v) is 5.06. The third-order valence-electron chi connectivity index (χ3n) is 6.71. The number of rotatable bonds is 6. The molecule has 0 unspecified atom stereocenters. The molecular formula is C28H26N2O5. The predicted molar refractivity (Wildman–Crippen MR) is 132 cm³/mol. The molecule has 0 radical (unpaired) electrons. The second kappa shape index (κ2) is 9.25. The molecule has 0 saturated carbocycles. The third kappa shape index (κ3) is 4.37. The Bertz CT molecular complexity index is 1270. The molecular weight excluding hydrogens is 444 g/mol. The molecule has 0 spiro atoms. The number of benzene rings is 3. The molecule has 0 fully saturated rings. The lowest BCUT2D eigenvalue weighted by atomic mass is 9.98. The normalized spacial score (nSPS) is 14.6. The SMILES string of the molecule is C[C@H](CC(=O)N1CCc2cc(C(=O)O)ccc21)NC(=O)OCC1c2ccccc2-c2ccccc21. The molecule has 1 heterocycles. The number of alkyl carbamates (subject to hydrolysis) is 1. The van der Waals surface area contributed by atoms with E-state index in [0.717, 1.165) is 33.5 Å². The van der Waals surface area contributed by atoms with Gasteiger partial charge in [0, 0.05) is 30.6 Å². The highest BCUT2D eigenvalue weighted by atomic mass is 16.5. The van der Waals surface area contributed by atoms with E-state index in [-0.39, 0.29) is 30.4 Å². The maximum Gasteiger partial charge on any atom is 0.407 e. The first kappa shape index (κ1) is 22.7. The quantitative estimate of drug-likeness (QED) is 0.549. The van der Waals surface area contributed by atoms with Gasteiger partial charge in [-0.05, 0) is 59.4 Å². The summed E-state index contributed by atoms with van der Waals surface area (Å²) >= 11 is 0. The van der Waals surface area contributed by atoms with Crippen LogP contribution in [0.2, 0.25) is 0 Å². The largest absolute Gasteiger partial charge is 0.478 e. The Morgan fingerprint density at radius 3 is 2.34 bits per heavy atom. The van der Waals surface area contributed by atoms with Gasteiger partial charge in [-0.2, -0.15) is 0 Å². The summed E-state index contributed by atoms with van der Waals surface area (Å²) in [4.78, 5) is 38.2. The molecule has 3 aromatic rings. The maximum absolute atomic E-state index is 12.9. The zero-order valence-electron chi connectivity index (χ0n) is 19.4. The van der Waals surface area contributed by atoms with Crippen LogP contribution in [0.4, 0.5) is 10.5 Å². The Hall–Kier alpha value is -4.13. The summed E-state index contributed by atoms with van der Waals surface area (Å²) in [6.45, 7) is 2.48. The maximum atomic E-state index is 12.9. The van der Waals surface area contributed by atoms with Gasteiger partial charge in [-0.1, -0.05) is 48.5 Å². The summed E-state index contributed by atoms with van der Waals surface area (Å²) in [6, 6.07) is 20.7. The fraction of sp³-hybridized carbons (Fsp3) is 0.250. The number of hydrogen-bond donors (Lipinski definition) is 2. The van der Waals surface area contributed by atoms with Crippen molar-refractivity contribution in [3.63, 3.8) is 0 Å². The lowest BCUT2D eigenvalue weighted by molar-refractivity contribution is -0.118. The molecule has 1 aliphatic heterocycles. The van der Waals surface area contributed by atoms with Crippen molar-refractivity contribution < 1.29 is 24.2 Å². The van der Waals surface area contributed by atoms with Gasteiger partial charge in [0.1, 0.15) is 6.61 Å². The Morgan fingerprint density at radius 1 is 1.03 bits per heavy atom. The number of aromatic carboxylic acids is 1. The summed E-state index contributed by atoms with van der Waals surface area (Å²) in [5.41, 5.74) is 6.40. The van der Waals surface area contributed by atoms with Crippen LogP contribution in [0, 0.1) is 0 Å². The zero-order valence-corrected chi connectivity index (χ0v) is 19.4. The van der Waals surface area contributed by atoms with Crippen molar-refractivity contribution in [2.24, 2.45) is 0 Å². The van der Waals surface area contributed by atoms with Crippen LogP contribution in [0.3, 0.4) is 0 Å². The molecule has 2 N–H and O–H groups in total. The van der Waals surface area contributed by atoms with Crippen LogP contribution in [0.1, 0.15) is 46.3 Å². The summed E-state index contributed by atoms with van der Waals surface area (Å²) in [7, 11) is 0. The minimum Gasteiger partial charge on any atom is -0.478 e. The number of nitrogens with zero attached hydrogens (tertiary/aromatic N) is 1. The molecule has 1 atom stereocenters. The molecule has 2 aliphatic rings. The molecule has 35 heavy (non-hydrogen) atoms. The monoisotopic (exact) mass is 470 g/mol. The summed E-state index contributed by atoms with van der Waals surface area (Å²) in [5, 5.41) is 11.9. The lowest BCUT2D eigenvalue weighted by Gasteiger charge is -2.21. The number of anilines is 1. The van der Waals surface area contributed by atoms with Gasteiger partial charge < -0.3 is 20.1 Å². The third-order valence-corrected chi connectivity index (χ3v) is 6.71. The smallest absolute Gasteiger partial charge is 0.407 e. The van der Waals surface area contributed by atoms with Gasteiger partial charge in [0.2, 0.25) is 5.91 Å². The highest BCUT2D eigenvalue weighted by Gasteiger charge is 2.30. The topological polar surface area (TPSA) is 95.9 Å². The zero-order chi connectivity index (χ0) is 24.5. The van der Waals surface area contributed by atoms with Crippen LogP contribution in [-0.4, -0.2) is 42.3 Å². The Morgan fingerprint density at radius 2 is 1.69 bits per heavy atom. The molecule has 0 saturated heterocycles. The number of carbonyl (C=O) groups is 3. The van der Waals surface area contributed by atoms with E-state index in [0.29, 0.717) is 13.0 Å². The van der Waals surface area contributed by atoms with Gasteiger partial charge in [-0.15, -0.1) is 0 Å². The van der Waals surface area contributed by atoms with Gasteiger partial charge in [-0.3, -0.25) is 4.79 Å². The highest BCUT2D eigenvalue weighted by molar-refractivity contribution is 5.97. The fourth-order valence-electron chi connectivity index (χ4n) is 5.06. The van der Waals surface area contributed by atoms with E-state index >= 15 is 0 Å². The van der Waals surface area contributed by atoms with Crippen molar-refractivity contribution in [2.45, 2.75) is 31.7 Å². The Balaban J connectivity index is 1.17. The molecule has 0 aromatic heterocycles. The van der Waals surface area contributed by atoms with Gasteiger partial charge in [-0.25, -0.2) is 9.59 Å². The second-order valence-electron chi connectivity index (χ2n) is 9.02. The summed E-state index contributed by atoms with van der Waals surface area (Å²) < 4.78 is 5.58. The average molecular weight is 471 g/mol. The van der Waals surface area contributed by atoms with Crippen molar-refractivity contribution in [3.05, 3.63) is 89.0 Å². The minimum absolute atomic E-state index is 0.0260. The first-order valence-electron chi connectivity index (χ1n) is 11.7. The van der Waals surface area contributed by atoms with E-state index < -0.39 is 18.1 Å². The van der Waals surface area contributed by atoms with E-state index in [2.05, 4.69) is 29.6 Å². The molecule has 7 heteroatoms. The first-order valence-corrected chi connectivity index (χ1v) is 11.7. The number of nitrogens with one attached hydrogen (secondary N) is 1. The standard InChI is InChI=1S/C28H26N2O5/c1-17(14-26(31)30-13-12-18-15-19(27(32)33)10-11-25(18)30)29-28(34)35-16-24-22-8-4-2-6-20(22)21-7-3-5-9-23(21)24/h2-11,15,17,24H,12-14,16H2,1H3,(H,29,34)(H,32,33)/t17-/m1/s1. The Kier molecular flexibility index (Phi) is 5.99. The van der Waals surface area contributed by atoms with Crippen molar-refractivity contribution in [1.82, 2.24) is 5.32 Å². The van der Waals surface area contributed by atoms with Gasteiger partial charge in [0.15, 0.2) is 0 Å². The van der Waals surface area contributed by atoms with Crippen LogP contribution in [-0.2, 0) is 16.0 Å². The van der Waals surface area contributed by atoms with Crippen molar-refractivity contribution >= 4 is 23.7 Å². The van der Waals surface area contributed by atoms with Gasteiger partial charge >= 0.3 is 12.1 Å². The average Bonchev–Trinajstić information content (AvgIpc) is 3.41. The summed E-state index contributed by atoms with van der Waals surface area (Å²) in [6.07, 6.45) is 0.167. The first-order chi connectivity index (χ1) is 16.9. The van der Waals surface area contributed by atoms with Gasteiger partial charge in [0.25, 0.3) is 0 Å². The van der Waals surface area contributed by atoms with Crippen LogP contribution >= 0.6 is 0 Å². The molecule has 5 rings (SSSR count). The number of ether oxygens (including phenoxy) is 1. The van der Waals surface area contributed by atoms with Gasteiger partial charge in [0.05, 0.1) is 5.56 Å². The van der Waals surface area contributed by atoms with Crippen LogP contribution in [0.25, 0.3) is 11.1 Å². The lowest BCUT2D eigenvalue weighted by Crippen LogP contribution is -2.39. The number of fused-ring (bicyclic) bond motifs is 4. The Labute approximate surface area is 203 Å². The molecule has 2 amide bonds. The molecule has 3 aromatic carbocycles. The van der Waals surface area contributed by atoms with E-state index in [1.165, 1.54) is 6.07 Å². The summed E-state index contributed by atoms with van der Waals surface area (Å²) in [5.74, 6) is -1.14. The predicted octanol–water partition coefficient (Wildman–Crippen LogP) is 4.59. The van der Waals surface area contributed by atoms with E-state index in [9.17, 15) is 19.5 Å². The van der Waals surface area contributed by atoms with Crippen molar-refractivity contribution in [2.75, 3.05) is 18.1 Å². The van der Waals surface area contributed by atoms with Crippen molar-refractivity contribution in [1.29, 1.82) is 0 Å². The van der Waals surface area contributed by atoms with E-state index in [4.69, 9.17) is 4.74 Å². The number of carboxylic acids is 1. The minimum atomic E-state index is -0.988. The molecule has 178 valence electrons. The van der Waals surface area contributed by atoms with Crippen LogP contribution in [0.15, 0.2) is 66.7 Å². The second-order valence-corrected chi connectivity index (χ2v) is 9.02. The number of hydrogen-bond acceptors (Lipinski definition) is 4. The molecule has 1 aliphatic carbocycles. The van der Waals surface area contributed by atoms with Crippen LogP contribution < -0.4 is 10.2 Å². The van der Waals surface area contributed by atoms with Crippen LogP contribution in [0.5, 0.6) is 0 Å². The molecule has 7 nitrogen and oxygen atoms in total. The number of carbonyl (C=O) groups excluding carboxylic acids is 2. The number of amides is 2. The highest BCUT2D eigenvalue weighted by Crippen LogP contribution is 2.44. The molecule has 0 bridgehead atoms.